The average Bonchev–Trinajstić information content (AvgIpc) is 2.81. The molecule has 0 bridgehead atoms. The molecule has 0 aliphatic rings. The van der Waals surface area contributed by atoms with Gasteiger partial charge in [0.2, 0.25) is 10.7 Å². The maximum Gasteiger partial charge on any atom is 0.240 e. The second-order valence-corrected chi connectivity index (χ2v) is 6.78. The maximum atomic E-state index is 12.6. The minimum Gasteiger partial charge on any atom is -0.366 e. The number of ketones is 1. The van der Waals surface area contributed by atoms with Crippen molar-refractivity contribution < 1.29 is 4.79 Å². The summed E-state index contributed by atoms with van der Waals surface area (Å²) in [5.41, 5.74) is 13.8. The molecule has 0 unspecified atom stereocenters. The van der Waals surface area contributed by atoms with Crippen LogP contribution in [0.25, 0.3) is 0 Å². The Morgan fingerprint density at radius 2 is 1.81 bits per heavy atom. The number of hydrogen-bond donors (Lipinski definition) is 2. The Balaban J connectivity index is 1.86. The maximum absolute atomic E-state index is 12.6. The summed E-state index contributed by atoms with van der Waals surface area (Å²) in [7, 11) is 0. The van der Waals surface area contributed by atoms with Crippen molar-refractivity contribution in [1.29, 1.82) is 0 Å². The Bertz CT molecular complexity index is 1010. The second kappa shape index (κ2) is 7.13. The van der Waals surface area contributed by atoms with Gasteiger partial charge in [0.1, 0.15) is 6.54 Å². The van der Waals surface area contributed by atoms with Crippen molar-refractivity contribution in [3.8, 4) is 0 Å². The molecule has 0 radical (unpaired) electrons. The number of aromatic nitrogens is 3. The molecule has 0 amide bonds. The number of benzene rings is 2. The van der Waals surface area contributed by atoms with E-state index in [0.717, 1.165) is 22.4 Å². The van der Waals surface area contributed by atoms with Gasteiger partial charge in [0.15, 0.2) is 5.78 Å². The van der Waals surface area contributed by atoms with Crippen LogP contribution in [0.1, 0.15) is 27.0 Å². The summed E-state index contributed by atoms with van der Waals surface area (Å²) in [6, 6.07) is 13.6. The van der Waals surface area contributed by atoms with E-state index in [-0.39, 0.29) is 18.3 Å². The van der Waals surface area contributed by atoms with Gasteiger partial charge < -0.3 is 5.73 Å². The summed E-state index contributed by atoms with van der Waals surface area (Å²) < 4.78 is 3.27. The first kappa shape index (κ1) is 17.9. The fraction of sp³-hybridized carbons (Fsp3) is 0.211. The lowest BCUT2D eigenvalue weighted by Crippen LogP contribution is -2.15. The Kier molecular flexibility index (Phi) is 4.90. The standard InChI is InChI=1S/C19H21N5OS/c1-12-5-4-6-16(10-12)21-24-18(20)22-23(19(24)26)11-17(25)15-8-13(2)7-14(3)9-15/h4-10,21H,11H2,1-3H3,(H2,20,22). The van der Waals surface area contributed by atoms with E-state index < -0.39 is 0 Å². The van der Waals surface area contributed by atoms with Crippen LogP contribution in [0.5, 0.6) is 0 Å². The average molecular weight is 367 g/mol. The van der Waals surface area contributed by atoms with Gasteiger partial charge in [-0.2, -0.15) is 4.68 Å². The Morgan fingerprint density at radius 3 is 2.46 bits per heavy atom. The van der Waals surface area contributed by atoms with Gasteiger partial charge in [-0.1, -0.05) is 29.3 Å². The Labute approximate surface area is 157 Å². The van der Waals surface area contributed by atoms with Gasteiger partial charge in [-0.15, -0.1) is 5.10 Å². The number of aryl methyl sites for hydroxylation is 3. The molecule has 0 fully saturated rings. The predicted molar refractivity (Wildman–Crippen MR) is 106 cm³/mol. The van der Waals surface area contributed by atoms with E-state index in [1.807, 2.05) is 63.2 Å². The summed E-state index contributed by atoms with van der Waals surface area (Å²) in [5, 5.41) is 4.21. The van der Waals surface area contributed by atoms with Crippen LogP contribution in [0.2, 0.25) is 0 Å². The summed E-state index contributed by atoms with van der Waals surface area (Å²) in [6.07, 6.45) is 0. The van der Waals surface area contributed by atoms with Crippen molar-refractivity contribution >= 4 is 29.6 Å². The first-order valence-electron chi connectivity index (χ1n) is 8.24. The van der Waals surface area contributed by atoms with E-state index in [9.17, 15) is 4.79 Å². The number of anilines is 2. The molecule has 3 N–H and O–H groups in total. The van der Waals surface area contributed by atoms with Gasteiger partial charge in [0, 0.05) is 5.56 Å². The number of carbonyl (C=O) groups is 1. The SMILES string of the molecule is Cc1cccc(Nn2c(N)nn(CC(=O)c3cc(C)cc(C)c3)c2=S)c1. The zero-order valence-corrected chi connectivity index (χ0v) is 15.8. The second-order valence-electron chi connectivity index (χ2n) is 6.41. The Hall–Kier alpha value is -2.93. The first-order chi connectivity index (χ1) is 12.3. The molecule has 3 rings (SSSR count). The van der Waals surface area contributed by atoms with Crippen LogP contribution in [-0.2, 0) is 6.54 Å². The van der Waals surface area contributed by atoms with Gasteiger partial charge >= 0.3 is 0 Å². The van der Waals surface area contributed by atoms with Crippen LogP contribution in [-0.4, -0.2) is 20.2 Å². The van der Waals surface area contributed by atoms with Gasteiger partial charge in [0.05, 0.1) is 5.69 Å². The quantitative estimate of drug-likeness (QED) is 0.531. The van der Waals surface area contributed by atoms with E-state index in [4.69, 9.17) is 18.0 Å². The molecule has 7 heteroatoms. The third kappa shape index (κ3) is 3.83. The monoisotopic (exact) mass is 367 g/mol. The molecule has 3 aromatic rings. The highest BCUT2D eigenvalue weighted by Crippen LogP contribution is 2.14. The predicted octanol–water partition coefficient (Wildman–Crippen LogP) is 3.68. The molecule has 134 valence electrons. The van der Waals surface area contributed by atoms with Crippen LogP contribution >= 0.6 is 12.2 Å². The highest BCUT2D eigenvalue weighted by Gasteiger charge is 2.13. The smallest absolute Gasteiger partial charge is 0.240 e. The molecule has 0 saturated heterocycles. The molecule has 0 spiro atoms. The van der Waals surface area contributed by atoms with Crippen LogP contribution in [0.4, 0.5) is 11.6 Å². The number of nitrogens with one attached hydrogen (secondary N) is 1. The molecule has 0 aliphatic heterocycles. The number of nitrogen functional groups attached to an aromatic ring is 1. The zero-order valence-electron chi connectivity index (χ0n) is 15.0. The number of hydrogen-bond acceptors (Lipinski definition) is 5. The number of carbonyl (C=O) groups excluding carboxylic acids is 1. The molecule has 2 aromatic carbocycles. The van der Waals surface area contributed by atoms with Gasteiger partial charge in [-0.05, 0) is 62.8 Å². The van der Waals surface area contributed by atoms with Crippen molar-refractivity contribution in [2.45, 2.75) is 27.3 Å². The fourth-order valence-electron chi connectivity index (χ4n) is 2.84. The molecular formula is C19H21N5OS. The summed E-state index contributed by atoms with van der Waals surface area (Å²) in [5.74, 6) is 0.137. The van der Waals surface area contributed by atoms with Crippen molar-refractivity contribution in [3.63, 3.8) is 0 Å². The minimum absolute atomic E-state index is 0.0361. The van der Waals surface area contributed by atoms with Crippen molar-refractivity contribution in [2.75, 3.05) is 11.2 Å². The Morgan fingerprint density at radius 1 is 1.12 bits per heavy atom. The third-order valence-electron chi connectivity index (χ3n) is 3.96. The highest BCUT2D eigenvalue weighted by molar-refractivity contribution is 7.71. The summed E-state index contributed by atoms with van der Waals surface area (Å²) in [6.45, 7) is 5.97. The van der Waals surface area contributed by atoms with E-state index in [1.54, 1.807) is 0 Å². The molecule has 0 atom stereocenters. The van der Waals surface area contributed by atoms with Crippen molar-refractivity contribution in [3.05, 3.63) is 69.5 Å². The zero-order chi connectivity index (χ0) is 18.8. The van der Waals surface area contributed by atoms with Crippen LogP contribution in [0.3, 0.4) is 0 Å². The molecular weight excluding hydrogens is 346 g/mol. The minimum atomic E-state index is -0.0619. The van der Waals surface area contributed by atoms with E-state index in [0.29, 0.717) is 10.3 Å². The first-order valence-corrected chi connectivity index (χ1v) is 8.65. The largest absolute Gasteiger partial charge is 0.366 e. The third-order valence-corrected chi connectivity index (χ3v) is 4.35. The number of nitrogens with two attached hydrogens (primary N) is 1. The molecule has 0 aliphatic carbocycles. The fourth-order valence-corrected chi connectivity index (χ4v) is 3.08. The van der Waals surface area contributed by atoms with Crippen LogP contribution < -0.4 is 11.2 Å². The summed E-state index contributed by atoms with van der Waals surface area (Å²) in [4.78, 5) is 12.6. The van der Waals surface area contributed by atoms with Crippen LogP contribution in [0, 0.1) is 25.5 Å². The lowest BCUT2D eigenvalue weighted by atomic mass is 10.0. The van der Waals surface area contributed by atoms with E-state index in [1.165, 1.54) is 9.36 Å². The highest BCUT2D eigenvalue weighted by atomic mass is 32.1. The van der Waals surface area contributed by atoms with Crippen molar-refractivity contribution in [1.82, 2.24) is 14.5 Å². The molecule has 6 nitrogen and oxygen atoms in total. The van der Waals surface area contributed by atoms with Gasteiger partial charge in [-0.3, -0.25) is 10.2 Å². The van der Waals surface area contributed by atoms with E-state index >= 15 is 0 Å². The topological polar surface area (TPSA) is 77.9 Å². The van der Waals surface area contributed by atoms with Crippen molar-refractivity contribution in [2.24, 2.45) is 0 Å². The van der Waals surface area contributed by atoms with Gasteiger partial charge in [-0.25, -0.2) is 4.68 Å². The molecule has 0 saturated carbocycles. The van der Waals surface area contributed by atoms with E-state index in [2.05, 4.69) is 10.5 Å². The normalized spacial score (nSPS) is 10.7. The number of nitrogens with zero attached hydrogens (tertiary/aromatic N) is 3. The summed E-state index contributed by atoms with van der Waals surface area (Å²) >= 11 is 5.43. The molecule has 1 aromatic heterocycles. The molecule has 26 heavy (non-hydrogen) atoms. The van der Waals surface area contributed by atoms with Crippen LogP contribution in [0.15, 0.2) is 42.5 Å². The number of rotatable bonds is 5. The number of Topliss-reactive ketones (excluding diaryl/α,β-unsaturated/α-hetero) is 1. The lowest BCUT2D eigenvalue weighted by molar-refractivity contribution is 0.0967. The molecule has 1 heterocycles. The lowest BCUT2D eigenvalue weighted by Gasteiger charge is -2.08. The van der Waals surface area contributed by atoms with Gasteiger partial charge in [0.25, 0.3) is 0 Å².